The molecule has 10 heteroatoms. The Balaban J connectivity index is 1.62. The molecule has 0 saturated heterocycles. The van der Waals surface area contributed by atoms with Crippen LogP contribution in [0.15, 0.2) is 53.7 Å². The number of alkyl halides is 3. The van der Waals surface area contributed by atoms with Crippen LogP contribution >= 0.6 is 11.8 Å². The molecule has 0 atom stereocenters. The van der Waals surface area contributed by atoms with E-state index in [-0.39, 0.29) is 17.4 Å². The second kappa shape index (κ2) is 9.19. The van der Waals surface area contributed by atoms with Crippen LogP contribution in [-0.2, 0) is 16.1 Å². The van der Waals surface area contributed by atoms with Crippen molar-refractivity contribution in [3.63, 3.8) is 0 Å². The van der Waals surface area contributed by atoms with Crippen molar-refractivity contribution < 1.29 is 27.4 Å². The second-order valence-corrected chi connectivity index (χ2v) is 6.88. The minimum Gasteiger partial charge on any atom is -0.406 e. The maximum absolute atomic E-state index is 12.2. The molecule has 0 spiro atoms. The van der Waals surface area contributed by atoms with Crippen molar-refractivity contribution >= 4 is 34.4 Å². The number of carbonyl (C=O) groups is 1. The Hall–Kier alpha value is -2.72. The molecule has 1 heterocycles. The summed E-state index contributed by atoms with van der Waals surface area (Å²) in [4.78, 5) is 16.8. The van der Waals surface area contributed by atoms with Gasteiger partial charge in [0.2, 0.25) is 5.91 Å². The van der Waals surface area contributed by atoms with E-state index in [1.807, 2.05) is 28.8 Å². The standard InChI is InChI=1S/C19H18F3N3O3S/c1-27-11-10-25-16-5-3-2-4-15(16)24-18(25)29-12-17(26)23-13-6-8-14(9-7-13)28-19(20,21)22/h2-9H,10-12H2,1H3,(H,23,26). The number of amides is 1. The smallest absolute Gasteiger partial charge is 0.406 e. The van der Waals surface area contributed by atoms with E-state index in [1.54, 1.807) is 7.11 Å². The number of aromatic nitrogens is 2. The van der Waals surface area contributed by atoms with E-state index in [0.29, 0.717) is 24.0 Å². The van der Waals surface area contributed by atoms with E-state index in [2.05, 4.69) is 15.0 Å². The molecule has 0 saturated carbocycles. The maximum Gasteiger partial charge on any atom is 0.573 e. The number of methoxy groups -OCH3 is 1. The third-order valence-corrected chi connectivity index (χ3v) is 4.82. The summed E-state index contributed by atoms with van der Waals surface area (Å²) in [7, 11) is 1.62. The van der Waals surface area contributed by atoms with Crippen molar-refractivity contribution in [3.8, 4) is 5.75 Å². The highest BCUT2D eigenvalue weighted by atomic mass is 32.2. The number of hydrogen-bond donors (Lipinski definition) is 1. The minimum absolute atomic E-state index is 0.0944. The number of rotatable bonds is 8. The lowest BCUT2D eigenvalue weighted by Crippen LogP contribution is -2.17. The summed E-state index contributed by atoms with van der Waals surface area (Å²) in [6.45, 7) is 1.11. The normalized spacial score (nSPS) is 11.6. The SMILES string of the molecule is COCCn1c(SCC(=O)Nc2ccc(OC(F)(F)F)cc2)nc2ccccc21. The van der Waals surface area contributed by atoms with Crippen molar-refractivity contribution in [1.29, 1.82) is 0 Å². The van der Waals surface area contributed by atoms with Crippen molar-refractivity contribution in [2.45, 2.75) is 18.1 Å². The topological polar surface area (TPSA) is 65.4 Å². The van der Waals surface area contributed by atoms with E-state index < -0.39 is 6.36 Å². The van der Waals surface area contributed by atoms with Crippen LogP contribution in [-0.4, -0.2) is 41.3 Å². The number of imidazole rings is 1. The van der Waals surface area contributed by atoms with Crippen LogP contribution in [0.1, 0.15) is 0 Å². The number of benzene rings is 2. The predicted molar refractivity (Wildman–Crippen MR) is 104 cm³/mol. The zero-order chi connectivity index (χ0) is 20.9. The molecule has 2 aromatic carbocycles. The van der Waals surface area contributed by atoms with Crippen LogP contribution in [0.4, 0.5) is 18.9 Å². The summed E-state index contributed by atoms with van der Waals surface area (Å²) < 4.78 is 47.5. The summed E-state index contributed by atoms with van der Waals surface area (Å²) in [5.41, 5.74) is 2.15. The van der Waals surface area contributed by atoms with Gasteiger partial charge in [0.25, 0.3) is 0 Å². The zero-order valence-electron chi connectivity index (χ0n) is 15.4. The molecule has 1 aromatic heterocycles. The second-order valence-electron chi connectivity index (χ2n) is 5.94. The molecule has 0 fully saturated rings. The molecule has 29 heavy (non-hydrogen) atoms. The molecule has 0 bridgehead atoms. The Labute approximate surface area is 169 Å². The average molecular weight is 425 g/mol. The lowest BCUT2D eigenvalue weighted by molar-refractivity contribution is -0.274. The lowest BCUT2D eigenvalue weighted by Gasteiger charge is -2.10. The molecule has 3 aromatic rings. The first-order valence-corrected chi connectivity index (χ1v) is 9.57. The molecule has 154 valence electrons. The van der Waals surface area contributed by atoms with Crippen LogP contribution in [0.25, 0.3) is 11.0 Å². The van der Waals surface area contributed by atoms with Gasteiger partial charge in [-0.3, -0.25) is 4.79 Å². The molecule has 0 aliphatic rings. The van der Waals surface area contributed by atoms with E-state index >= 15 is 0 Å². The monoisotopic (exact) mass is 425 g/mol. The van der Waals surface area contributed by atoms with Gasteiger partial charge in [-0.1, -0.05) is 23.9 Å². The van der Waals surface area contributed by atoms with E-state index in [4.69, 9.17) is 4.74 Å². The number of ether oxygens (including phenoxy) is 2. The molecule has 3 rings (SSSR count). The van der Waals surface area contributed by atoms with E-state index in [9.17, 15) is 18.0 Å². The molecule has 1 amide bonds. The number of fused-ring (bicyclic) bond motifs is 1. The van der Waals surface area contributed by atoms with Crippen molar-refractivity contribution in [2.24, 2.45) is 0 Å². The number of nitrogens with one attached hydrogen (secondary N) is 1. The van der Waals surface area contributed by atoms with Gasteiger partial charge in [0.05, 0.1) is 23.4 Å². The largest absolute Gasteiger partial charge is 0.573 e. The first-order valence-electron chi connectivity index (χ1n) is 8.58. The maximum atomic E-state index is 12.2. The van der Waals surface area contributed by atoms with Gasteiger partial charge >= 0.3 is 6.36 Å². The van der Waals surface area contributed by atoms with Gasteiger partial charge in [-0.2, -0.15) is 0 Å². The van der Waals surface area contributed by atoms with Gasteiger partial charge in [-0.05, 0) is 36.4 Å². The summed E-state index contributed by atoms with van der Waals surface area (Å²) in [5.74, 6) is -0.557. The lowest BCUT2D eigenvalue weighted by atomic mass is 10.3. The number of hydrogen-bond acceptors (Lipinski definition) is 5. The summed E-state index contributed by atoms with van der Waals surface area (Å²) in [6, 6.07) is 12.6. The fourth-order valence-corrected chi connectivity index (χ4v) is 3.47. The molecular formula is C19H18F3N3O3S. The van der Waals surface area contributed by atoms with Gasteiger partial charge < -0.3 is 19.4 Å². The van der Waals surface area contributed by atoms with Crippen molar-refractivity contribution in [2.75, 3.05) is 24.8 Å². The number of carbonyl (C=O) groups excluding carboxylic acids is 1. The Morgan fingerprint density at radius 3 is 2.59 bits per heavy atom. The molecule has 0 radical (unpaired) electrons. The Morgan fingerprint density at radius 1 is 1.17 bits per heavy atom. The van der Waals surface area contributed by atoms with Gasteiger partial charge in [-0.15, -0.1) is 13.2 Å². The fourth-order valence-electron chi connectivity index (χ4n) is 2.63. The predicted octanol–water partition coefficient (Wildman–Crippen LogP) is 4.31. The Kier molecular flexibility index (Phi) is 6.65. The number of para-hydroxylation sites is 2. The van der Waals surface area contributed by atoms with Crippen LogP contribution in [0.3, 0.4) is 0 Å². The highest BCUT2D eigenvalue weighted by Gasteiger charge is 2.30. The van der Waals surface area contributed by atoms with Crippen molar-refractivity contribution in [1.82, 2.24) is 9.55 Å². The fraction of sp³-hybridized carbons (Fsp3) is 0.263. The minimum atomic E-state index is -4.75. The number of anilines is 1. The quantitative estimate of drug-likeness (QED) is 0.545. The molecule has 0 aliphatic heterocycles. The zero-order valence-corrected chi connectivity index (χ0v) is 16.2. The third kappa shape index (κ3) is 5.88. The third-order valence-electron chi connectivity index (χ3n) is 3.84. The Morgan fingerprint density at radius 2 is 1.90 bits per heavy atom. The number of thioether (sulfide) groups is 1. The molecule has 1 N–H and O–H groups in total. The number of nitrogens with zero attached hydrogens (tertiary/aromatic N) is 2. The molecule has 6 nitrogen and oxygen atoms in total. The summed E-state index contributed by atoms with van der Waals surface area (Å²) in [5, 5.41) is 3.33. The summed E-state index contributed by atoms with van der Waals surface area (Å²) >= 11 is 1.27. The van der Waals surface area contributed by atoms with Gasteiger partial charge in [0.1, 0.15) is 5.75 Å². The average Bonchev–Trinajstić information content (AvgIpc) is 3.02. The van der Waals surface area contributed by atoms with Crippen LogP contribution in [0.5, 0.6) is 5.75 Å². The molecular weight excluding hydrogens is 407 g/mol. The van der Waals surface area contributed by atoms with Crippen molar-refractivity contribution in [3.05, 3.63) is 48.5 Å². The van der Waals surface area contributed by atoms with E-state index in [0.717, 1.165) is 23.2 Å². The van der Waals surface area contributed by atoms with Crippen LogP contribution < -0.4 is 10.1 Å². The van der Waals surface area contributed by atoms with Crippen LogP contribution in [0.2, 0.25) is 0 Å². The van der Waals surface area contributed by atoms with E-state index in [1.165, 1.54) is 23.9 Å². The Bertz CT molecular complexity index is 974. The highest BCUT2D eigenvalue weighted by molar-refractivity contribution is 7.99. The first-order chi connectivity index (χ1) is 13.9. The molecule has 0 unspecified atom stereocenters. The summed E-state index contributed by atoms with van der Waals surface area (Å²) in [6.07, 6.45) is -4.75. The van der Waals surface area contributed by atoms with Gasteiger partial charge in [0, 0.05) is 19.3 Å². The van der Waals surface area contributed by atoms with Crippen LogP contribution in [0, 0.1) is 0 Å². The van der Waals surface area contributed by atoms with Gasteiger partial charge in [0.15, 0.2) is 5.16 Å². The van der Waals surface area contributed by atoms with Gasteiger partial charge in [-0.25, -0.2) is 4.98 Å². The molecule has 0 aliphatic carbocycles. The first kappa shape index (κ1) is 21.0. The number of halogens is 3. The highest BCUT2D eigenvalue weighted by Crippen LogP contribution is 2.26.